The van der Waals surface area contributed by atoms with Gasteiger partial charge in [-0.05, 0) is 51.3 Å². The van der Waals surface area contributed by atoms with Gasteiger partial charge in [-0.3, -0.25) is 9.59 Å². The molecule has 1 fully saturated rings. The van der Waals surface area contributed by atoms with Gasteiger partial charge in [0.25, 0.3) is 0 Å². The van der Waals surface area contributed by atoms with Gasteiger partial charge in [-0.15, -0.1) is 0 Å². The highest BCUT2D eigenvalue weighted by Crippen LogP contribution is 2.15. The molecule has 0 radical (unpaired) electrons. The number of rotatable bonds is 6. The van der Waals surface area contributed by atoms with Crippen molar-refractivity contribution in [3.05, 3.63) is 41.5 Å². The van der Waals surface area contributed by atoms with Crippen molar-refractivity contribution in [1.29, 1.82) is 0 Å². The normalized spacial score (nSPS) is 14.0. The summed E-state index contributed by atoms with van der Waals surface area (Å²) in [7, 11) is 0. The second-order valence-electron chi connectivity index (χ2n) is 7.74. The van der Waals surface area contributed by atoms with Crippen LogP contribution in [-0.2, 0) is 25.6 Å². The van der Waals surface area contributed by atoms with Crippen LogP contribution in [0.15, 0.2) is 35.9 Å². The minimum absolute atomic E-state index is 0.176. The average molecular weight is 403 g/mol. The second kappa shape index (κ2) is 10.6. The zero-order valence-electron chi connectivity index (χ0n) is 17.2. The molecule has 3 N–H and O–H groups in total. The summed E-state index contributed by atoms with van der Waals surface area (Å²) in [5.41, 5.74) is 1.94. The molecule has 1 heterocycles. The molecule has 1 aromatic rings. The van der Waals surface area contributed by atoms with Crippen LogP contribution in [0, 0.1) is 0 Å². The number of ether oxygens (including phenoxy) is 2. The van der Waals surface area contributed by atoms with Crippen LogP contribution in [0.1, 0.15) is 39.2 Å². The number of hydrogen-bond donors (Lipinski definition) is 3. The Hall–Kier alpha value is -2.87. The highest BCUT2D eigenvalue weighted by Gasteiger charge is 2.16. The van der Waals surface area contributed by atoms with Crippen LogP contribution in [0.3, 0.4) is 0 Å². The number of alkyl carbamates (subject to hydrolysis) is 1. The van der Waals surface area contributed by atoms with E-state index in [1.807, 2.05) is 6.07 Å². The molecule has 8 nitrogen and oxygen atoms in total. The number of benzene rings is 1. The van der Waals surface area contributed by atoms with Crippen LogP contribution in [0.5, 0.6) is 0 Å². The summed E-state index contributed by atoms with van der Waals surface area (Å²) in [6, 6.07) is 7.23. The summed E-state index contributed by atoms with van der Waals surface area (Å²) in [5, 5.41) is 7.96. The molecule has 0 bridgehead atoms. The fourth-order valence-corrected chi connectivity index (χ4v) is 2.63. The number of amides is 3. The SMILES string of the molecule is CC(C)(C)OC(=O)NCC(=O)NCc1cccc(NC(=O)C=C2CCOCC2)c1. The van der Waals surface area contributed by atoms with Gasteiger partial charge in [-0.2, -0.15) is 0 Å². The summed E-state index contributed by atoms with van der Waals surface area (Å²) in [6.45, 7) is 6.64. The highest BCUT2D eigenvalue weighted by atomic mass is 16.6. The van der Waals surface area contributed by atoms with Gasteiger partial charge in [0, 0.05) is 18.3 Å². The molecule has 1 aromatic carbocycles. The molecular weight excluding hydrogens is 374 g/mol. The maximum Gasteiger partial charge on any atom is 0.408 e. The van der Waals surface area contributed by atoms with E-state index in [-0.39, 0.29) is 24.9 Å². The van der Waals surface area contributed by atoms with Crippen LogP contribution in [-0.4, -0.2) is 43.3 Å². The molecule has 3 amide bonds. The molecule has 0 aliphatic carbocycles. The van der Waals surface area contributed by atoms with Gasteiger partial charge in [0.2, 0.25) is 11.8 Å². The van der Waals surface area contributed by atoms with E-state index in [0.29, 0.717) is 18.9 Å². The van der Waals surface area contributed by atoms with E-state index in [0.717, 1.165) is 24.0 Å². The largest absolute Gasteiger partial charge is 0.444 e. The standard InChI is InChI=1S/C21H29N3O5/c1-21(2,3)29-20(27)23-14-19(26)22-13-16-5-4-6-17(11-16)24-18(25)12-15-7-9-28-10-8-15/h4-6,11-12H,7-10,13-14H2,1-3H3,(H,22,26)(H,23,27)(H,24,25). The van der Waals surface area contributed by atoms with Crippen LogP contribution < -0.4 is 16.0 Å². The molecule has 0 atom stereocenters. The molecular formula is C21H29N3O5. The fraction of sp³-hybridized carbons (Fsp3) is 0.476. The monoisotopic (exact) mass is 403 g/mol. The predicted octanol–water partition coefficient (Wildman–Crippen LogP) is 2.50. The summed E-state index contributed by atoms with van der Waals surface area (Å²) in [5.74, 6) is -0.515. The lowest BCUT2D eigenvalue weighted by atomic mass is 10.1. The van der Waals surface area contributed by atoms with E-state index >= 15 is 0 Å². The summed E-state index contributed by atoms with van der Waals surface area (Å²) in [6.07, 6.45) is 2.53. The predicted molar refractivity (Wildman–Crippen MR) is 109 cm³/mol. The number of anilines is 1. The second-order valence-corrected chi connectivity index (χ2v) is 7.74. The number of carbonyl (C=O) groups excluding carboxylic acids is 3. The molecule has 1 saturated heterocycles. The number of carbonyl (C=O) groups is 3. The summed E-state index contributed by atoms with van der Waals surface area (Å²) >= 11 is 0. The Bertz CT molecular complexity index is 760. The quantitative estimate of drug-likeness (QED) is 0.633. The molecule has 0 spiro atoms. The number of hydrogen-bond acceptors (Lipinski definition) is 5. The average Bonchev–Trinajstić information content (AvgIpc) is 2.64. The van der Waals surface area contributed by atoms with Gasteiger partial charge in [0.15, 0.2) is 0 Å². The Morgan fingerprint density at radius 1 is 1.14 bits per heavy atom. The molecule has 0 unspecified atom stereocenters. The molecule has 0 saturated carbocycles. The van der Waals surface area contributed by atoms with Crippen molar-refractivity contribution in [3.8, 4) is 0 Å². The van der Waals surface area contributed by atoms with E-state index < -0.39 is 11.7 Å². The third kappa shape index (κ3) is 9.25. The lowest BCUT2D eigenvalue weighted by Gasteiger charge is -2.19. The molecule has 1 aliphatic rings. The first-order valence-electron chi connectivity index (χ1n) is 9.62. The van der Waals surface area contributed by atoms with Crippen molar-refractivity contribution >= 4 is 23.6 Å². The topological polar surface area (TPSA) is 106 Å². The van der Waals surface area contributed by atoms with Crippen molar-refractivity contribution in [2.24, 2.45) is 0 Å². The Kier molecular flexibility index (Phi) is 8.21. The Morgan fingerprint density at radius 2 is 1.86 bits per heavy atom. The highest BCUT2D eigenvalue weighted by molar-refractivity contribution is 5.99. The molecule has 158 valence electrons. The van der Waals surface area contributed by atoms with E-state index in [4.69, 9.17) is 9.47 Å². The first-order chi connectivity index (χ1) is 13.7. The smallest absolute Gasteiger partial charge is 0.408 e. The van der Waals surface area contributed by atoms with E-state index in [1.165, 1.54) is 0 Å². The molecule has 2 rings (SSSR count). The van der Waals surface area contributed by atoms with Crippen LogP contribution in [0.25, 0.3) is 0 Å². The molecule has 1 aliphatic heterocycles. The van der Waals surface area contributed by atoms with Gasteiger partial charge in [-0.1, -0.05) is 17.7 Å². The van der Waals surface area contributed by atoms with E-state index in [9.17, 15) is 14.4 Å². The summed E-state index contributed by atoms with van der Waals surface area (Å²) < 4.78 is 10.4. The van der Waals surface area contributed by atoms with Gasteiger partial charge in [0.05, 0.1) is 13.2 Å². The maximum atomic E-state index is 12.2. The maximum absolute atomic E-state index is 12.2. The van der Waals surface area contributed by atoms with Crippen LogP contribution >= 0.6 is 0 Å². The van der Waals surface area contributed by atoms with Gasteiger partial charge in [0.1, 0.15) is 12.1 Å². The Labute approximate surface area is 171 Å². The minimum Gasteiger partial charge on any atom is -0.444 e. The van der Waals surface area contributed by atoms with Gasteiger partial charge < -0.3 is 25.4 Å². The third-order valence-corrected chi connectivity index (χ3v) is 3.95. The molecule has 8 heteroatoms. The van der Waals surface area contributed by atoms with Crippen LogP contribution in [0.4, 0.5) is 10.5 Å². The minimum atomic E-state index is -0.643. The Morgan fingerprint density at radius 3 is 2.55 bits per heavy atom. The van der Waals surface area contributed by atoms with E-state index in [2.05, 4.69) is 16.0 Å². The lowest BCUT2D eigenvalue weighted by molar-refractivity contribution is -0.120. The van der Waals surface area contributed by atoms with Crippen molar-refractivity contribution in [2.45, 2.75) is 45.8 Å². The molecule has 0 aromatic heterocycles. The lowest BCUT2D eigenvalue weighted by Crippen LogP contribution is -2.39. The number of nitrogens with one attached hydrogen (secondary N) is 3. The van der Waals surface area contributed by atoms with Crippen molar-refractivity contribution in [1.82, 2.24) is 10.6 Å². The van der Waals surface area contributed by atoms with Crippen molar-refractivity contribution in [3.63, 3.8) is 0 Å². The Balaban J connectivity index is 1.78. The van der Waals surface area contributed by atoms with Gasteiger partial charge in [-0.25, -0.2) is 4.79 Å². The fourth-order valence-electron chi connectivity index (χ4n) is 2.63. The third-order valence-electron chi connectivity index (χ3n) is 3.95. The molecule has 29 heavy (non-hydrogen) atoms. The van der Waals surface area contributed by atoms with Crippen LogP contribution in [0.2, 0.25) is 0 Å². The van der Waals surface area contributed by atoms with Gasteiger partial charge >= 0.3 is 6.09 Å². The van der Waals surface area contributed by atoms with Crippen molar-refractivity contribution < 1.29 is 23.9 Å². The first kappa shape index (κ1) is 22.4. The summed E-state index contributed by atoms with van der Waals surface area (Å²) in [4.78, 5) is 35.6. The zero-order chi connectivity index (χ0) is 21.3. The van der Waals surface area contributed by atoms with Crippen molar-refractivity contribution in [2.75, 3.05) is 25.1 Å². The van der Waals surface area contributed by atoms with E-state index in [1.54, 1.807) is 45.0 Å². The zero-order valence-corrected chi connectivity index (χ0v) is 17.2. The first-order valence-corrected chi connectivity index (χ1v) is 9.62.